The van der Waals surface area contributed by atoms with Gasteiger partial charge >= 0.3 is 12.3 Å². The Hall–Kier alpha value is -1.90. The molecule has 1 aliphatic heterocycles. The quantitative estimate of drug-likeness (QED) is 0.834. The van der Waals surface area contributed by atoms with E-state index < -0.39 is 19.0 Å². The molecule has 23 heavy (non-hydrogen) atoms. The van der Waals surface area contributed by atoms with Crippen molar-refractivity contribution in [2.75, 3.05) is 26.2 Å². The van der Waals surface area contributed by atoms with Gasteiger partial charge in [0.05, 0.1) is 5.56 Å². The predicted molar refractivity (Wildman–Crippen MR) is 74.1 cm³/mol. The lowest BCUT2D eigenvalue weighted by Crippen LogP contribution is -2.52. The number of amides is 1. The first-order valence-electron chi connectivity index (χ1n) is 7.08. The van der Waals surface area contributed by atoms with Crippen molar-refractivity contribution in [2.45, 2.75) is 25.3 Å². The molecule has 1 fully saturated rings. The highest BCUT2D eigenvalue weighted by Crippen LogP contribution is 2.23. The normalized spacial score (nSPS) is 19.0. The molecule has 9 heteroatoms. The van der Waals surface area contributed by atoms with E-state index in [0.717, 1.165) is 0 Å². The zero-order valence-electron chi connectivity index (χ0n) is 12.4. The third-order valence-electron chi connectivity index (χ3n) is 3.48. The summed E-state index contributed by atoms with van der Waals surface area (Å²) in [5, 5.41) is 3.16. The van der Waals surface area contributed by atoms with Gasteiger partial charge in [0.2, 0.25) is 5.88 Å². The van der Waals surface area contributed by atoms with Crippen molar-refractivity contribution >= 4 is 5.91 Å². The van der Waals surface area contributed by atoms with Crippen LogP contribution in [0.3, 0.4) is 0 Å². The summed E-state index contributed by atoms with van der Waals surface area (Å²) in [5.74, 6) is -4.71. The lowest BCUT2D eigenvalue weighted by molar-refractivity contribution is -0.148. The van der Waals surface area contributed by atoms with E-state index >= 15 is 0 Å². The summed E-state index contributed by atoms with van der Waals surface area (Å²) < 4.78 is 54.1. The first-order valence-corrected chi connectivity index (χ1v) is 7.08. The number of hydrogen-bond acceptors (Lipinski definition) is 4. The second-order valence-corrected chi connectivity index (χ2v) is 5.29. The number of piperazine rings is 1. The topological polar surface area (TPSA) is 54.5 Å². The van der Waals surface area contributed by atoms with E-state index in [4.69, 9.17) is 0 Å². The summed E-state index contributed by atoms with van der Waals surface area (Å²) in [4.78, 5) is 17.7. The van der Waals surface area contributed by atoms with Gasteiger partial charge < -0.3 is 15.0 Å². The van der Waals surface area contributed by atoms with Gasteiger partial charge in [-0.2, -0.15) is 8.78 Å². The third-order valence-corrected chi connectivity index (χ3v) is 3.48. The van der Waals surface area contributed by atoms with Gasteiger partial charge in [-0.05, 0) is 13.0 Å². The molecular weight excluding hydrogens is 318 g/mol. The number of carbonyl (C=O) groups is 1. The maximum absolute atomic E-state index is 12.8. The molecule has 0 aromatic carbocycles. The Morgan fingerprint density at radius 1 is 1.52 bits per heavy atom. The molecule has 0 aliphatic carbocycles. The maximum atomic E-state index is 12.8. The predicted octanol–water partition coefficient (Wildman–Crippen LogP) is 1.79. The van der Waals surface area contributed by atoms with Crippen molar-refractivity contribution in [1.82, 2.24) is 15.2 Å². The van der Waals surface area contributed by atoms with Crippen LogP contribution in [0.2, 0.25) is 0 Å². The largest absolute Gasteiger partial charge is 0.471 e. The van der Waals surface area contributed by atoms with Crippen molar-refractivity contribution in [3.8, 4) is 5.88 Å². The minimum Gasteiger partial charge on any atom is -0.471 e. The average Bonchev–Trinajstić information content (AvgIpc) is 2.53. The van der Waals surface area contributed by atoms with Gasteiger partial charge in [-0.15, -0.1) is 0 Å². The summed E-state index contributed by atoms with van der Waals surface area (Å²) in [6.07, 6.45) is -2.62. The molecule has 0 bridgehead atoms. The smallest absolute Gasteiger partial charge is 0.340 e. The molecule has 1 aromatic rings. The van der Waals surface area contributed by atoms with Crippen LogP contribution in [-0.2, 0) is 0 Å². The highest BCUT2D eigenvalue weighted by molar-refractivity contribution is 5.94. The van der Waals surface area contributed by atoms with Crippen molar-refractivity contribution in [2.24, 2.45) is 0 Å². The van der Waals surface area contributed by atoms with Gasteiger partial charge in [0.15, 0.2) is 6.61 Å². The molecule has 0 unspecified atom stereocenters. The summed E-state index contributed by atoms with van der Waals surface area (Å²) in [6.45, 7) is 2.36. The second-order valence-electron chi connectivity index (χ2n) is 5.29. The van der Waals surface area contributed by atoms with E-state index in [9.17, 15) is 22.4 Å². The van der Waals surface area contributed by atoms with Crippen LogP contribution in [0.15, 0.2) is 18.3 Å². The number of nitrogens with one attached hydrogen (secondary N) is 1. The molecule has 0 radical (unpaired) electrons. The third kappa shape index (κ3) is 4.31. The summed E-state index contributed by atoms with van der Waals surface area (Å²) in [6, 6.07) is 2.61. The average molecular weight is 335 g/mol. The number of pyridine rings is 1. The lowest BCUT2D eigenvalue weighted by atomic mass is 10.1. The van der Waals surface area contributed by atoms with Crippen molar-refractivity contribution < 1.29 is 27.1 Å². The molecule has 1 aliphatic rings. The van der Waals surface area contributed by atoms with Gasteiger partial charge in [0.25, 0.3) is 5.91 Å². The van der Waals surface area contributed by atoms with Gasteiger partial charge in [0.1, 0.15) is 0 Å². The molecule has 1 saturated heterocycles. The van der Waals surface area contributed by atoms with Crippen molar-refractivity contribution in [3.63, 3.8) is 0 Å². The Labute approximate surface area is 130 Å². The Bertz CT molecular complexity index is 539. The fourth-order valence-corrected chi connectivity index (χ4v) is 2.13. The Balaban J connectivity index is 1.97. The number of rotatable bonds is 5. The van der Waals surface area contributed by atoms with Crippen LogP contribution < -0.4 is 10.1 Å². The Morgan fingerprint density at radius 2 is 2.26 bits per heavy atom. The lowest BCUT2D eigenvalue weighted by Gasteiger charge is -2.33. The van der Waals surface area contributed by atoms with Crippen LogP contribution in [0.5, 0.6) is 5.88 Å². The van der Waals surface area contributed by atoms with Crippen LogP contribution in [0, 0.1) is 0 Å². The Kier molecular flexibility index (Phi) is 5.40. The number of ether oxygens (including phenoxy) is 1. The molecule has 2 heterocycles. The van der Waals surface area contributed by atoms with Crippen LogP contribution in [0.4, 0.5) is 17.6 Å². The van der Waals surface area contributed by atoms with Crippen LogP contribution in [0.1, 0.15) is 17.3 Å². The van der Waals surface area contributed by atoms with Crippen LogP contribution >= 0.6 is 0 Å². The van der Waals surface area contributed by atoms with E-state index in [2.05, 4.69) is 15.0 Å². The zero-order valence-corrected chi connectivity index (χ0v) is 12.4. The first kappa shape index (κ1) is 17.5. The molecule has 1 N–H and O–H groups in total. The monoisotopic (exact) mass is 335 g/mol. The summed E-state index contributed by atoms with van der Waals surface area (Å²) >= 11 is 0. The van der Waals surface area contributed by atoms with Crippen molar-refractivity contribution in [3.05, 3.63) is 23.9 Å². The first-order chi connectivity index (χ1) is 10.8. The molecule has 128 valence electrons. The molecule has 0 saturated carbocycles. The molecule has 1 amide bonds. The molecule has 2 rings (SSSR count). The standard InChI is InChI=1S/C14H17F4N3O2/c1-9-6-19-4-5-21(9)12(22)10-2-3-11(20-7-10)23-8-14(17,18)13(15)16/h2-3,7,9,13,19H,4-6,8H2,1H3/t9-/m1/s1. The highest BCUT2D eigenvalue weighted by atomic mass is 19.3. The molecule has 1 aromatic heterocycles. The van der Waals surface area contributed by atoms with Gasteiger partial charge in [0, 0.05) is 37.9 Å². The number of halogens is 4. The molecule has 1 atom stereocenters. The fourth-order valence-electron chi connectivity index (χ4n) is 2.13. The van der Waals surface area contributed by atoms with E-state index in [1.807, 2.05) is 6.92 Å². The van der Waals surface area contributed by atoms with E-state index in [-0.39, 0.29) is 23.4 Å². The van der Waals surface area contributed by atoms with E-state index in [1.165, 1.54) is 18.3 Å². The van der Waals surface area contributed by atoms with Gasteiger partial charge in [-0.25, -0.2) is 13.8 Å². The SMILES string of the molecule is C[C@@H]1CNCCN1C(=O)c1ccc(OCC(F)(F)C(F)F)nc1. The van der Waals surface area contributed by atoms with Crippen molar-refractivity contribution in [1.29, 1.82) is 0 Å². The number of alkyl halides is 4. The number of hydrogen-bond donors (Lipinski definition) is 1. The number of carbonyl (C=O) groups excluding carboxylic acids is 1. The van der Waals surface area contributed by atoms with E-state index in [1.54, 1.807) is 4.90 Å². The summed E-state index contributed by atoms with van der Waals surface area (Å²) in [5.41, 5.74) is 0.284. The van der Waals surface area contributed by atoms with Gasteiger partial charge in [-0.1, -0.05) is 0 Å². The highest BCUT2D eigenvalue weighted by Gasteiger charge is 2.41. The number of nitrogens with zero attached hydrogens (tertiary/aromatic N) is 2. The van der Waals surface area contributed by atoms with Crippen LogP contribution in [-0.4, -0.2) is 60.4 Å². The van der Waals surface area contributed by atoms with Crippen LogP contribution in [0.25, 0.3) is 0 Å². The maximum Gasteiger partial charge on any atom is 0.340 e. The van der Waals surface area contributed by atoms with E-state index in [0.29, 0.717) is 19.6 Å². The fraction of sp³-hybridized carbons (Fsp3) is 0.571. The van der Waals surface area contributed by atoms with Gasteiger partial charge in [-0.3, -0.25) is 4.79 Å². The minimum absolute atomic E-state index is 0.0249. The Morgan fingerprint density at radius 3 is 2.83 bits per heavy atom. The zero-order chi connectivity index (χ0) is 17.0. The minimum atomic E-state index is -4.24. The second kappa shape index (κ2) is 7.12. The molecule has 0 spiro atoms. The number of aromatic nitrogens is 1. The summed E-state index contributed by atoms with van der Waals surface area (Å²) in [7, 11) is 0. The molecular formula is C14H17F4N3O2. The molecule has 5 nitrogen and oxygen atoms in total.